The first kappa shape index (κ1) is 125. The summed E-state index contributed by atoms with van der Waals surface area (Å²) in [5.41, 5.74) is 22.6. The molecule has 2 aromatic heterocycles. The zero-order chi connectivity index (χ0) is 97.6. The van der Waals surface area contributed by atoms with Gasteiger partial charge in [-0.25, -0.2) is 28.5 Å². The molecule has 11 rings (SSSR count). The summed E-state index contributed by atoms with van der Waals surface area (Å²) in [6, 6.07) is 66.6. The molecule has 27 nitrogen and oxygen atoms in total. The Hall–Kier alpha value is -13.2. The van der Waals surface area contributed by atoms with Crippen molar-refractivity contribution in [2.45, 2.75) is 173 Å². The van der Waals surface area contributed by atoms with Gasteiger partial charge in [-0.2, -0.15) is 54.6 Å². The van der Waals surface area contributed by atoms with Gasteiger partial charge >= 0.3 is 71.4 Å². The number of rotatable bonds is 23. The van der Waals surface area contributed by atoms with Gasteiger partial charge in [-0.15, -0.1) is 5.60 Å². The van der Waals surface area contributed by atoms with Crippen LogP contribution in [0.2, 0.25) is 0 Å². The van der Waals surface area contributed by atoms with Gasteiger partial charge in [-0.3, -0.25) is 4.99 Å². The van der Waals surface area contributed by atoms with E-state index in [4.69, 9.17) is 85.6 Å². The van der Waals surface area contributed by atoms with Crippen molar-refractivity contribution in [2.75, 3.05) is 22.5 Å². The number of nitriles is 3. The SMILES string of the molecule is C.CC(C)(C)[O-].CC(C)C(C#N)=NCc1ccc(OCc2ccccc2)cc1F.CC(C)C(C)(C#N)N=Nc1ccc(OCc2ccccc2)cc1F.N#CCBr.Nc1ccc(OCc2ccccc2)cc1F.O=C=O.O=C=O.[C-]#[N+]C(C)C(C)C.[C-]#[N+]c1c(N)c(C(C)C)nn1-c1ccc(O)cc1F.[C-]#[N+]c1c(N)c(C(C)C)nn1-c1ccc(OCc2ccccc2)cc1F.[Na+].[Na+].[OH-]. The van der Waals surface area contributed by atoms with Crippen LogP contribution in [0.15, 0.2) is 228 Å². The number of halogens is 6. The Morgan fingerprint density at radius 2 is 0.866 bits per heavy atom. The van der Waals surface area contributed by atoms with E-state index in [1.54, 1.807) is 64.1 Å². The van der Waals surface area contributed by atoms with Crippen molar-refractivity contribution >= 4 is 68.3 Å². The molecule has 8 N–H and O–H groups in total. The number of aromatic hydroxyl groups is 1. The normalized spacial score (nSPS) is 10.6. The topological polar surface area (TPSA) is 414 Å². The molecule has 0 saturated carbocycles. The summed E-state index contributed by atoms with van der Waals surface area (Å²) in [5, 5.41) is 61.9. The summed E-state index contributed by atoms with van der Waals surface area (Å²) in [4.78, 5) is 46.7. The molecule has 2 atom stereocenters. The fraction of sp³-hybridized carbons (Fsp3) is 0.303. The van der Waals surface area contributed by atoms with Crippen molar-refractivity contribution in [3.63, 3.8) is 0 Å². The number of benzene rings is 9. The predicted octanol–water partition coefficient (Wildman–Crippen LogP) is 17.1. The maximum absolute atomic E-state index is 14.6. The van der Waals surface area contributed by atoms with E-state index in [1.807, 2.05) is 196 Å². The molecule has 9 aromatic carbocycles. The smallest absolute Gasteiger partial charge is 0.870 e. The van der Waals surface area contributed by atoms with Crippen molar-refractivity contribution in [3.8, 4) is 58.3 Å². The molecule has 0 fully saturated rings. The van der Waals surface area contributed by atoms with Crippen LogP contribution in [-0.4, -0.2) is 70.7 Å². The summed E-state index contributed by atoms with van der Waals surface area (Å²) < 4.78 is 94.5. The standard InChI is InChI=1S/C20H19FN4O.C19H20FN3O.C19H19FN2O.C13H13FN4O.C13H12FNO.C6H11N.C4H9O.C2H2BrN.2CO2.CH4.2Na.H2O/c1-13(2)19-18(22)20(23-3)25(24-19)17-10-9-15(11-16(17)21)26-12-14-7-5-4-6-8-14;1-14(2)19(3,13-21)23-22-18-10-9-16(11-17(18)20)24-12-15-7-5-4-6-8-15;1-14(2)19(11-21)22-12-16-8-9-17(10-18(16)20)23-13-15-6-4-3-5-7-15;1-7(2)12-11(15)13(16-3)18(17-12)10-5-4-8(19)6-9(10)14;14-12-8-11(6-7-13(12)15)16-9-10-4-2-1-3-5-10;1-5(2)6(3)7-4;1-4(2,3)5;3-1-2-4;2*2-1-3;;;;/h4-11,13H,12,22H2,1-2H3;4-11,14H,12H2,1-3H3;3-10,14H,12-13H2,1-2H3;4-7,19H,15H2,1-2H3;1-8H,9,15H2;5-6H,1-3H3;1-3H3;1H2;;;1H4;;;1H2/q;;;;;;-1;;;;;2*+1;/p-1. The average molecular weight is 1920 g/mol. The van der Waals surface area contributed by atoms with Crippen LogP contribution in [0.25, 0.3) is 25.9 Å². The van der Waals surface area contributed by atoms with E-state index in [9.17, 15) is 37.4 Å². The number of carbonyl (C=O) groups excluding carboxylic acids is 4. The summed E-state index contributed by atoms with van der Waals surface area (Å²) in [6.07, 6.45) is 0.500. The Balaban J connectivity index is -0.00000151. The zero-order valence-corrected chi connectivity index (χ0v) is 82.9. The number of nitrogen functional groups attached to an aromatic ring is 3. The molecular weight excluding hydrogens is 1810 g/mol. The molecule has 134 heavy (non-hydrogen) atoms. The Labute approximate surface area is 834 Å². The van der Waals surface area contributed by atoms with Crippen LogP contribution in [0.4, 0.5) is 56.3 Å². The van der Waals surface area contributed by atoms with Crippen molar-refractivity contribution in [2.24, 2.45) is 33.0 Å². The first-order chi connectivity index (χ1) is 61.7. The zero-order valence-electron chi connectivity index (χ0n) is 77.3. The number of ether oxygens (including phenoxy) is 4. The summed E-state index contributed by atoms with van der Waals surface area (Å²) in [6.45, 7) is 50.5. The number of phenols is 1. The van der Waals surface area contributed by atoms with Gasteiger partial charge in [0.15, 0.2) is 34.4 Å². The number of nitrogens with zero attached hydrogens (tertiary/aromatic N) is 13. The van der Waals surface area contributed by atoms with Crippen LogP contribution in [0.1, 0.15) is 162 Å². The summed E-state index contributed by atoms with van der Waals surface area (Å²) in [5.74, 6) is -0.175. The monoisotopic (exact) mass is 1920 g/mol. The Kier molecular flexibility index (Phi) is 62.5. The minimum absolute atomic E-state index is 0. The van der Waals surface area contributed by atoms with Gasteiger partial charge in [0.1, 0.15) is 84.3 Å². The molecule has 0 aliphatic heterocycles. The van der Waals surface area contributed by atoms with E-state index < -0.39 is 34.4 Å². The summed E-state index contributed by atoms with van der Waals surface area (Å²) >= 11 is 2.89. The molecule has 2 unspecified atom stereocenters. The minimum Gasteiger partial charge on any atom is -0.870 e. The van der Waals surface area contributed by atoms with Gasteiger partial charge in [-0.05, 0) is 89.7 Å². The van der Waals surface area contributed by atoms with Crippen molar-refractivity contribution < 1.29 is 135 Å². The molecular formula is C99H110BrF5N16Na2O11. The number of anilines is 3. The molecule has 0 amide bonds. The Bertz CT molecular complexity index is 5730. The number of alkyl halides is 1. The van der Waals surface area contributed by atoms with Crippen LogP contribution in [-0.2, 0) is 52.2 Å². The average Bonchev–Trinajstić information content (AvgIpc) is 1.64. The third-order valence-corrected chi connectivity index (χ3v) is 17.6. The van der Waals surface area contributed by atoms with Crippen LogP contribution in [0, 0.1) is 101 Å². The van der Waals surface area contributed by atoms with E-state index in [0.717, 1.165) is 28.3 Å². The van der Waals surface area contributed by atoms with Crippen molar-refractivity contribution in [1.82, 2.24) is 19.6 Å². The van der Waals surface area contributed by atoms with E-state index in [2.05, 4.69) is 75.8 Å². The third kappa shape index (κ3) is 46.3. The van der Waals surface area contributed by atoms with Gasteiger partial charge in [0.05, 0.1) is 52.5 Å². The second kappa shape index (κ2) is 67.1. The minimum atomic E-state index is -0.977. The molecule has 0 saturated heterocycles. The van der Waals surface area contributed by atoms with E-state index in [0.29, 0.717) is 89.0 Å². The molecule has 35 heteroatoms. The van der Waals surface area contributed by atoms with E-state index >= 15 is 0 Å². The molecule has 11 aromatic rings. The molecule has 0 aliphatic rings. The van der Waals surface area contributed by atoms with Gasteiger partial charge < -0.3 is 66.4 Å². The Morgan fingerprint density at radius 3 is 1.15 bits per heavy atom. The van der Waals surface area contributed by atoms with Crippen LogP contribution in [0.3, 0.4) is 0 Å². The number of hydrogen-bond donors (Lipinski definition) is 4. The number of azo groups is 1. The fourth-order valence-electron chi connectivity index (χ4n) is 9.75. The molecule has 0 aliphatic carbocycles. The van der Waals surface area contributed by atoms with Gasteiger partial charge in [0.2, 0.25) is 6.04 Å². The largest absolute Gasteiger partial charge is 1.00 e. The quantitative estimate of drug-likeness (QED) is 0.00879. The van der Waals surface area contributed by atoms with Crippen LogP contribution >= 0.6 is 15.9 Å². The van der Waals surface area contributed by atoms with Gasteiger partial charge in [0.25, 0.3) is 11.6 Å². The fourth-order valence-corrected chi connectivity index (χ4v) is 9.75. The number of aliphatic imine (C=N–C) groups is 1. The van der Waals surface area contributed by atoms with Gasteiger partial charge in [0, 0.05) is 66.5 Å². The first-order valence-electron chi connectivity index (χ1n) is 40.1. The number of aromatic nitrogens is 4. The molecule has 0 spiro atoms. The predicted molar refractivity (Wildman–Crippen MR) is 499 cm³/mol. The van der Waals surface area contributed by atoms with Crippen molar-refractivity contribution in [1.29, 1.82) is 15.8 Å². The second-order valence-corrected chi connectivity index (χ2v) is 30.8. The number of phenolic OH excluding ortho intramolecular Hbond substituents is 1. The molecule has 696 valence electrons. The van der Waals surface area contributed by atoms with E-state index in [-0.39, 0.29) is 172 Å². The second-order valence-electron chi connectivity index (χ2n) is 30.3. The third-order valence-electron chi connectivity index (χ3n) is 17.4. The Morgan fingerprint density at radius 1 is 0.530 bits per heavy atom. The number of nitrogens with two attached hydrogens (primary N) is 3. The molecule has 2 heterocycles. The number of hydrogen-bond acceptors (Lipinski definition) is 22. The maximum Gasteiger partial charge on any atom is 1.00 e. The van der Waals surface area contributed by atoms with Crippen molar-refractivity contribution in [3.05, 3.63) is 315 Å². The van der Waals surface area contributed by atoms with E-state index in [1.165, 1.54) is 57.9 Å². The molecule has 0 radical (unpaired) electrons. The first-order valence-corrected chi connectivity index (χ1v) is 41.2. The summed E-state index contributed by atoms with van der Waals surface area (Å²) in [7, 11) is 0. The van der Waals surface area contributed by atoms with Crippen LogP contribution < -0.4 is 100 Å². The maximum atomic E-state index is 14.6. The van der Waals surface area contributed by atoms with Crippen LogP contribution in [0.5, 0.6) is 28.7 Å². The molecule has 0 bridgehead atoms. The van der Waals surface area contributed by atoms with Gasteiger partial charge in [-0.1, -0.05) is 264 Å².